The van der Waals surface area contributed by atoms with Crippen LogP contribution in [-0.4, -0.2) is 25.0 Å². The first kappa shape index (κ1) is 9.97. The van der Waals surface area contributed by atoms with Crippen molar-refractivity contribution in [1.82, 2.24) is 4.90 Å². The topological polar surface area (TPSA) is 29.3 Å². The Labute approximate surface area is 89.7 Å². The van der Waals surface area contributed by atoms with Crippen LogP contribution in [0.25, 0.3) is 0 Å². The van der Waals surface area contributed by atoms with Gasteiger partial charge in [-0.1, -0.05) is 17.7 Å². The van der Waals surface area contributed by atoms with E-state index in [1.165, 1.54) is 11.1 Å². The summed E-state index contributed by atoms with van der Waals surface area (Å²) < 4.78 is 0. The summed E-state index contributed by atoms with van der Waals surface area (Å²) in [6.07, 6.45) is 0. The molecular weight excluding hydrogens is 196 g/mol. The molecule has 0 fully saturated rings. The maximum atomic E-state index is 5.98. The van der Waals surface area contributed by atoms with Crippen LogP contribution in [0.5, 0.6) is 0 Å². The molecule has 1 aliphatic heterocycles. The van der Waals surface area contributed by atoms with Crippen molar-refractivity contribution in [3.8, 4) is 0 Å². The first-order valence-corrected chi connectivity index (χ1v) is 5.25. The summed E-state index contributed by atoms with van der Waals surface area (Å²) in [7, 11) is 2.13. The lowest BCUT2D eigenvalue weighted by Gasteiger charge is -2.31. The van der Waals surface area contributed by atoms with Crippen LogP contribution in [0.3, 0.4) is 0 Å². The van der Waals surface area contributed by atoms with Gasteiger partial charge in [0.05, 0.1) is 0 Å². The molecule has 1 unspecified atom stereocenters. The SMILES string of the molecule is CN1Cc2ccc(Cl)cc2C(CN)C1. The summed E-state index contributed by atoms with van der Waals surface area (Å²) in [5, 5.41) is 0.812. The van der Waals surface area contributed by atoms with Gasteiger partial charge in [0.1, 0.15) is 0 Å². The number of halogens is 1. The van der Waals surface area contributed by atoms with Crippen LogP contribution in [0.2, 0.25) is 5.02 Å². The van der Waals surface area contributed by atoms with Gasteiger partial charge in [-0.3, -0.25) is 0 Å². The molecule has 1 aromatic rings. The molecule has 0 saturated heterocycles. The fourth-order valence-electron chi connectivity index (χ4n) is 2.12. The number of likely N-dealkylation sites (N-methyl/N-ethyl adjacent to an activating group) is 1. The van der Waals surface area contributed by atoms with E-state index in [0.717, 1.165) is 18.1 Å². The van der Waals surface area contributed by atoms with Crippen LogP contribution in [0.1, 0.15) is 17.0 Å². The van der Waals surface area contributed by atoms with Crippen LogP contribution in [0.4, 0.5) is 0 Å². The van der Waals surface area contributed by atoms with E-state index in [2.05, 4.69) is 24.1 Å². The summed E-state index contributed by atoms with van der Waals surface area (Å²) in [5.74, 6) is 0.433. The molecule has 1 aromatic carbocycles. The second-order valence-electron chi connectivity index (χ2n) is 3.97. The molecule has 2 rings (SSSR count). The van der Waals surface area contributed by atoms with Crippen molar-refractivity contribution in [2.75, 3.05) is 20.1 Å². The smallest absolute Gasteiger partial charge is 0.0409 e. The molecule has 1 atom stereocenters. The van der Waals surface area contributed by atoms with Gasteiger partial charge in [-0.05, 0) is 30.3 Å². The molecule has 14 heavy (non-hydrogen) atoms. The molecule has 0 bridgehead atoms. The van der Waals surface area contributed by atoms with Crippen molar-refractivity contribution >= 4 is 11.6 Å². The van der Waals surface area contributed by atoms with Gasteiger partial charge in [0.15, 0.2) is 0 Å². The Morgan fingerprint density at radius 3 is 3.07 bits per heavy atom. The Hall–Kier alpha value is -0.570. The van der Waals surface area contributed by atoms with Crippen LogP contribution in [0.15, 0.2) is 18.2 Å². The first-order valence-electron chi connectivity index (χ1n) is 4.87. The van der Waals surface area contributed by atoms with E-state index in [4.69, 9.17) is 17.3 Å². The standard InChI is InChI=1S/C11H15ClN2/c1-14-6-8-2-3-10(12)4-11(8)9(5-13)7-14/h2-4,9H,5-7,13H2,1H3. The first-order chi connectivity index (χ1) is 6.70. The van der Waals surface area contributed by atoms with Crippen molar-refractivity contribution < 1.29 is 0 Å². The number of nitrogens with zero attached hydrogens (tertiary/aromatic N) is 1. The minimum absolute atomic E-state index is 0.433. The summed E-state index contributed by atoms with van der Waals surface area (Å²) in [6, 6.07) is 6.12. The highest BCUT2D eigenvalue weighted by atomic mass is 35.5. The fourth-order valence-corrected chi connectivity index (χ4v) is 2.30. The molecule has 0 radical (unpaired) electrons. The normalized spacial score (nSPS) is 22.1. The second kappa shape index (κ2) is 3.89. The predicted molar refractivity (Wildman–Crippen MR) is 59.6 cm³/mol. The lowest BCUT2D eigenvalue weighted by Crippen LogP contribution is -2.33. The average molecular weight is 211 g/mol. The van der Waals surface area contributed by atoms with Gasteiger partial charge in [-0.15, -0.1) is 0 Å². The van der Waals surface area contributed by atoms with E-state index in [-0.39, 0.29) is 0 Å². The average Bonchev–Trinajstić information content (AvgIpc) is 2.17. The maximum absolute atomic E-state index is 5.98. The largest absolute Gasteiger partial charge is 0.330 e. The fraction of sp³-hybridized carbons (Fsp3) is 0.455. The highest BCUT2D eigenvalue weighted by Crippen LogP contribution is 2.29. The second-order valence-corrected chi connectivity index (χ2v) is 4.41. The third-order valence-corrected chi connectivity index (χ3v) is 3.04. The Morgan fingerprint density at radius 1 is 1.57 bits per heavy atom. The van der Waals surface area contributed by atoms with E-state index >= 15 is 0 Å². The Bertz CT molecular complexity index is 338. The lowest BCUT2D eigenvalue weighted by molar-refractivity contribution is 0.283. The third kappa shape index (κ3) is 1.78. The minimum Gasteiger partial charge on any atom is -0.330 e. The van der Waals surface area contributed by atoms with E-state index in [1.807, 2.05) is 6.07 Å². The van der Waals surface area contributed by atoms with Gasteiger partial charge in [0.25, 0.3) is 0 Å². The molecule has 3 heteroatoms. The van der Waals surface area contributed by atoms with E-state index in [0.29, 0.717) is 12.5 Å². The van der Waals surface area contributed by atoms with Crippen molar-refractivity contribution in [2.45, 2.75) is 12.5 Å². The van der Waals surface area contributed by atoms with Crippen LogP contribution < -0.4 is 5.73 Å². The van der Waals surface area contributed by atoms with Crippen molar-refractivity contribution in [1.29, 1.82) is 0 Å². The molecule has 0 saturated carbocycles. The number of rotatable bonds is 1. The summed E-state index contributed by atoms with van der Waals surface area (Å²) in [6.45, 7) is 2.73. The molecule has 2 N–H and O–H groups in total. The quantitative estimate of drug-likeness (QED) is 0.767. The Kier molecular flexibility index (Phi) is 2.77. The van der Waals surface area contributed by atoms with Crippen LogP contribution in [-0.2, 0) is 6.54 Å². The van der Waals surface area contributed by atoms with E-state index in [9.17, 15) is 0 Å². The minimum atomic E-state index is 0.433. The zero-order chi connectivity index (χ0) is 10.1. The number of nitrogens with two attached hydrogens (primary N) is 1. The molecule has 0 aliphatic carbocycles. The highest BCUT2D eigenvalue weighted by Gasteiger charge is 2.21. The van der Waals surface area contributed by atoms with Gasteiger partial charge in [-0.25, -0.2) is 0 Å². The lowest BCUT2D eigenvalue weighted by atomic mass is 9.90. The molecule has 0 amide bonds. The Morgan fingerprint density at radius 2 is 2.36 bits per heavy atom. The van der Waals surface area contributed by atoms with Crippen molar-refractivity contribution in [3.63, 3.8) is 0 Å². The van der Waals surface area contributed by atoms with Gasteiger partial charge >= 0.3 is 0 Å². The monoisotopic (exact) mass is 210 g/mol. The number of hydrogen-bond acceptors (Lipinski definition) is 2. The van der Waals surface area contributed by atoms with Gasteiger partial charge in [0.2, 0.25) is 0 Å². The molecule has 76 valence electrons. The van der Waals surface area contributed by atoms with Crippen molar-refractivity contribution in [3.05, 3.63) is 34.3 Å². The van der Waals surface area contributed by atoms with E-state index in [1.54, 1.807) is 0 Å². The highest BCUT2D eigenvalue weighted by molar-refractivity contribution is 6.30. The van der Waals surface area contributed by atoms with Crippen molar-refractivity contribution in [2.24, 2.45) is 5.73 Å². The van der Waals surface area contributed by atoms with E-state index < -0.39 is 0 Å². The number of hydrogen-bond donors (Lipinski definition) is 1. The number of fused-ring (bicyclic) bond motifs is 1. The predicted octanol–water partition coefficient (Wildman–Crippen LogP) is 1.83. The third-order valence-electron chi connectivity index (χ3n) is 2.80. The summed E-state index contributed by atoms with van der Waals surface area (Å²) in [4.78, 5) is 2.30. The van der Waals surface area contributed by atoms with Crippen LogP contribution in [0, 0.1) is 0 Å². The zero-order valence-corrected chi connectivity index (χ0v) is 9.09. The number of benzene rings is 1. The molecule has 0 spiro atoms. The van der Waals surface area contributed by atoms with Gasteiger partial charge < -0.3 is 10.6 Å². The Balaban J connectivity index is 2.41. The maximum Gasteiger partial charge on any atom is 0.0409 e. The van der Waals surface area contributed by atoms with Crippen LogP contribution >= 0.6 is 11.6 Å². The summed E-state index contributed by atoms with van der Waals surface area (Å²) >= 11 is 5.98. The zero-order valence-electron chi connectivity index (χ0n) is 8.33. The molecule has 1 aliphatic rings. The molecule has 1 heterocycles. The van der Waals surface area contributed by atoms with Gasteiger partial charge in [0, 0.05) is 30.6 Å². The molecular formula is C11H15ClN2. The summed E-state index contributed by atoms with van der Waals surface area (Å²) in [5.41, 5.74) is 8.45. The van der Waals surface area contributed by atoms with Gasteiger partial charge in [-0.2, -0.15) is 0 Å². The molecule has 2 nitrogen and oxygen atoms in total. The molecule has 0 aromatic heterocycles.